The quantitative estimate of drug-likeness (QED) is 0.509. The van der Waals surface area contributed by atoms with Crippen molar-refractivity contribution in [2.45, 2.75) is 58.0 Å². The Morgan fingerprint density at radius 2 is 2.08 bits per heavy atom. The molecule has 24 heavy (non-hydrogen) atoms. The summed E-state index contributed by atoms with van der Waals surface area (Å²) in [5, 5.41) is 30.1. The summed E-state index contributed by atoms with van der Waals surface area (Å²) in [5.41, 5.74) is -0.297. The van der Waals surface area contributed by atoms with Gasteiger partial charge in [-0.2, -0.15) is 5.26 Å². The summed E-state index contributed by atoms with van der Waals surface area (Å²) in [5.74, 6) is 0.305. The highest BCUT2D eigenvalue weighted by Crippen LogP contribution is 2.65. The Hall–Kier alpha value is -1.60. The van der Waals surface area contributed by atoms with Gasteiger partial charge in [0, 0.05) is 23.7 Å². The third kappa shape index (κ3) is 1.74. The molecule has 0 spiro atoms. The summed E-state index contributed by atoms with van der Waals surface area (Å²) in [6.45, 7) is 4.07. The third-order valence-corrected chi connectivity index (χ3v) is 7.51. The fourth-order valence-electron chi connectivity index (χ4n) is 5.89. The summed E-state index contributed by atoms with van der Waals surface area (Å²) in [7, 11) is 0. The first-order valence-corrected chi connectivity index (χ1v) is 8.88. The summed E-state index contributed by atoms with van der Waals surface area (Å²) < 4.78 is 14.9. The van der Waals surface area contributed by atoms with Crippen LogP contribution in [0.2, 0.25) is 0 Å². The maximum atomic E-state index is 14.9. The van der Waals surface area contributed by atoms with E-state index in [4.69, 9.17) is 0 Å². The van der Waals surface area contributed by atoms with Crippen molar-refractivity contribution in [2.24, 2.45) is 22.7 Å². The highest BCUT2D eigenvalue weighted by Gasteiger charge is 2.62. The molecule has 0 bridgehead atoms. The normalized spacial score (nSPS) is 47.1. The second kappa shape index (κ2) is 4.73. The van der Waals surface area contributed by atoms with Crippen molar-refractivity contribution in [3.8, 4) is 6.07 Å². The van der Waals surface area contributed by atoms with Crippen LogP contribution >= 0.6 is 0 Å². The minimum absolute atomic E-state index is 0.0496. The Morgan fingerprint density at radius 1 is 1.33 bits per heavy atom. The van der Waals surface area contributed by atoms with E-state index in [0.717, 1.165) is 6.42 Å². The van der Waals surface area contributed by atoms with Gasteiger partial charge in [-0.15, -0.1) is 0 Å². The molecule has 0 heterocycles. The van der Waals surface area contributed by atoms with Gasteiger partial charge in [0.25, 0.3) is 0 Å². The van der Waals surface area contributed by atoms with E-state index in [9.17, 15) is 19.9 Å². The van der Waals surface area contributed by atoms with Crippen molar-refractivity contribution in [2.75, 3.05) is 0 Å². The number of rotatable bonds is 0. The number of nitriles is 1. The monoisotopic (exact) mass is 329 g/mol. The van der Waals surface area contributed by atoms with Gasteiger partial charge in [0.05, 0.1) is 11.8 Å². The van der Waals surface area contributed by atoms with Gasteiger partial charge in [0.2, 0.25) is 0 Å². The molecule has 4 heteroatoms. The fourth-order valence-corrected chi connectivity index (χ4v) is 5.89. The zero-order valence-electron chi connectivity index (χ0n) is 14.3. The Bertz CT molecular complexity index is 745. The van der Waals surface area contributed by atoms with Gasteiger partial charge >= 0.3 is 0 Å². The number of aliphatic hydroxyl groups is 2. The molecular weight excluding hydrogens is 305 g/mol. The van der Waals surface area contributed by atoms with E-state index in [-0.39, 0.29) is 28.8 Å². The molecule has 0 saturated heterocycles. The topological polar surface area (TPSA) is 64.2 Å². The van der Waals surface area contributed by atoms with E-state index in [0.29, 0.717) is 37.7 Å². The van der Waals surface area contributed by atoms with Gasteiger partial charge in [-0.05, 0) is 49.2 Å². The van der Waals surface area contributed by atoms with Gasteiger partial charge in [-0.1, -0.05) is 25.5 Å². The lowest BCUT2D eigenvalue weighted by Gasteiger charge is -2.52. The summed E-state index contributed by atoms with van der Waals surface area (Å²) in [4.78, 5) is 0. The van der Waals surface area contributed by atoms with E-state index in [1.807, 2.05) is 6.92 Å². The number of nitrogens with zero attached hydrogens (tertiary/aromatic N) is 1. The summed E-state index contributed by atoms with van der Waals surface area (Å²) >= 11 is 0. The molecule has 0 aromatic rings. The molecule has 128 valence electrons. The van der Waals surface area contributed by atoms with Crippen LogP contribution in [0.4, 0.5) is 4.39 Å². The van der Waals surface area contributed by atoms with E-state index < -0.39 is 11.0 Å². The average Bonchev–Trinajstić information content (AvgIpc) is 2.82. The molecule has 1 fully saturated rings. The number of hydrogen-bond donors (Lipinski definition) is 2. The van der Waals surface area contributed by atoms with Crippen molar-refractivity contribution < 1.29 is 14.6 Å². The predicted molar refractivity (Wildman–Crippen MR) is 88.4 cm³/mol. The van der Waals surface area contributed by atoms with E-state index in [1.54, 1.807) is 6.08 Å². The Labute approximate surface area is 142 Å². The number of allylic oxidation sites excluding steroid dienone is 6. The van der Waals surface area contributed by atoms with Gasteiger partial charge in [-0.25, -0.2) is 4.39 Å². The molecule has 5 atom stereocenters. The molecule has 0 aromatic carbocycles. The molecule has 4 rings (SSSR count). The smallest absolute Gasteiger partial charge is 0.156 e. The lowest BCUT2D eigenvalue weighted by Crippen LogP contribution is -2.49. The van der Waals surface area contributed by atoms with E-state index in [2.05, 4.69) is 19.1 Å². The Kier molecular flexibility index (Phi) is 3.13. The number of fused-ring (bicyclic) bond motifs is 5. The molecule has 2 N–H and O–H groups in total. The molecule has 1 saturated carbocycles. The molecule has 0 amide bonds. The van der Waals surface area contributed by atoms with E-state index >= 15 is 0 Å². The average molecular weight is 329 g/mol. The largest absolute Gasteiger partial charge is 0.512 e. The van der Waals surface area contributed by atoms with Crippen molar-refractivity contribution in [3.05, 3.63) is 34.9 Å². The third-order valence-electron chi connectivity index (χ3n) is 7.51. The van der Waals surface area contributed by atoms with Crippen molar-refractivity contribution >= 4 is 0 Å². The Balaban J connectivity index is 1.83. The van der Waals surface area contributed by atoms with Crippen molar-refractivity contribution in [1.29, 1.82) is 5.26 Å². The number of hydrogen-bond acceptors (Lipinski definition) is 3. The maximum Gasteiger partial charge on any atom is 0.156 e. The van der Waals surface area contributed by atoms with Gasteiger partial charge in [0.1, 0.15) is 5.83 Å². The van der Waals surface area contributed by atoms with E-state index in [1.165, 1.54) is 5.57 Å². The van der Waals surface area contributed by atoms with Crippen LogP contribution in [0.25, 0.3) is 0 Å². The van der Waals surface area contributed by atoms with Crippen LogP contribution in [-0.4, -0.2) is 15.8 Å². The van der Waals surface area contributed by atoms with Crippen LogP contribution < -0.4 is 0 Å². The maximum absolute atomic E-state index is 14.9. The summed E-state index contributed by atoms with van der Waals surface area (Å²) in [6.07, 6.45) is 7.28. The van der Waals surface area contributed by atoms with Gasteiger partial charge in [-0.3, -0.25) is 0 Å². The van der Waals surface area contributed by atoms with Crippen LogP contribution in [0.3, 0.4) is 0 Å². The van der Waals surface area contributed by atoms with Crippen LogP contribution in [0.5, 0.6) is 0 Å². The molecule has 0 unspecified atom stereocenters. The second-order valence-electron chi connectivity index (χ2n) is 8.50. The number of aliphatic hydroxyl groups excluding tert-OH is 1. The van der Waals surface area contributed by atoms with Gasteiger partial charge < -0.3 is 10.2 Å². The highest BCUT2D eigenvalue weighted by atomic mass is 19.1. The lowest BCUT2D eigenvalue weighted by molar-refractivity contribution is -0.0378. The van der Waals surface area contributed by atoms with Crippen LogP contribution in [0.15, 0.2) is 34.9 Å². The predicted octanol–water partition coefficient (Wildman–Crippen LogP) is 4.47. The lowest BCUT2D eigenvalue weighted by atomic mass is 9.52. The minimum Gasteiger partial charge on any atom is -0.512 e. The van der Waals surface area contributed by atoms with Crippen LogP contribution in [0, 0.1) is 34.0 Å². The molecule has 4 aliphatic rings. The molecule has 0 radical (unpaired) electrons. The SMILES string of the molecule is C[C@]12CCC(O)=CC1=C(F)C[C@@H]1C2=CC[C@@]2(C)[C@H]1CC[C@]2(O)C#N. The standard InChI is InChI=1S/C20H24FNO2/c1-18-6-3-12(23)9-16(18)17(21)10-13-14(18)4-7-19(2)15(13)5-8-20(19,24)11-22/h4,9,13,15,23-24H,3,5-8,10H2,1-2H3/t13-,15+,18-,19+,20+/m1/s1. The Morgan fingerprint density at radius 3 is 2.79 bits per heavy atom. The first-order chi connectivity index (χ1) is 11.2. The molecule has 4 aliphatic carbocycles. The molecule has 0 aromatic heterocycles. The first-order valence-electron chi connectivity index (χ1n) is 8.88. The van der Waals surface area contributed by atoms with Crippen LogP contribution in [0.1, 0.15) is 52.4 Å². The van der Waals surface area contributed by atoms with Crippen molar-refractivity contribution in [3.63, 3.8) is 0 Å². The second-order valence-corrected chi connectivity index (χ2v) is 8.50. The van der Waals surface area contributed by atoms with Crippen molar-refractivity contribution in [1.82, 2.24) is 0 Å². The summed E-state index contributed by atoms with van der Waals surface area (Å²) in [6, 6.07) is 2.14. The van der Waals surface area contributed by atoms with Crippen LogP contribution in [-0.2, 0) is 0 Å². The zero-order chi connectivity index (χ0) is 17.3. The highest BCUT2D eigenvalue weighted by molar-refractivity contribution is 5.47. The molecular formula is C20H24FNO2. The zero-order valence-corrected chi connectivity index (χ0v) is 14.3. The molecule has 3 nitrogen and oxygen atoms in total. The van der Waals surface area contributed by atoms with Gasteiger partial charge in [0.15, 0.2) is 5.60 Å². The number of halogens is 1. The molecule has 0 aliphatic heterocycles. The fraction of sp³-hybridized carbons (Fsp3) is 0.650. The first kappa shape index (κ1) is 15.9. The minimum atomic E-state index is -1.31.